The lowest BCUT2D eigenvalue weighted by Gasteiger charge is -1.96. The number of rotatable bonds is 1. The van der Waals surface area contributed by atoms with Gasteiger partial charge in [0.15, 0.2) is 0 Å². The monoisotopic (exact) mass is 180 g/mol. The summed E-state index contributed by atoms with van der Waals surface area (Å²) in [5, 5.41) is 20.1. The van der Waals surface area contributed by atoms with E-state index in [9.17, 15) is 0 Å². The maximum Gasteiger partial charge on any atom is 0.101 e. The van der Waals surface area contributed by atoms with Crippen molar-refractivity contribution >= 4 is 17.8 Å². The quantitative estimate of drug-likeness (QED) is 0.408. The molecule has 1 aromatic carbocycles. The van der Waals surface area contributed by atoms with E-state index in [0.29, 0.717) is 16.1 Å². The molecule has 0 aliphatic heterocycles. The van der Waals surface area contributed by atoms with Crippen LogP contribution >= 0.6 is 11.6 Å². The highest BCUT2D eigenvalue weighted by atomic mass is 35.5. The van der Waals surface area contributed by atoms with Crippen LogP contribution in [0.25, 0.3) is 0 Å². The van der Waals surface area contributed by atoms with Gasteiger partial charge in [-0.05, 0) is 6.07 Å². The van der Waals surface area contributed by atoms with Gasteiger partial charge in [-0.1, -0.05) is 28.9 Å². The highest BCUT2D eigenvalue weighted by Crippen LogP contribution is 2.17. The first-order valence-electron chi connectivity index (χ1n) is 3.15. The van der Waals surface area contributed by atoms with Gasteiger partial charge in [-0.25, -0.2) is 0 Å². The lowest BCUT2D eigenvalue weighted by atomic mass is 10.1. The van der Waals surface area contributed by atoms with E-state index in [-0.39, 0.29) is 0 Å². The number of nitriles is 1. The molecule has 0 atom stereocenters. The highest BCUT2D eigenvalue weighted by molar-refractivity contribution is 6.32. The lowest BCUT2D eigenvalue weighted by molar-refractivity contribution is 0.322. The van der Waals surface area contributed by atoms with Crippen molar-refractivity contribution in [3.63, 3.8) is 0 Å². The Bertz CT molecular complexity index is 355. The minimum Gasteiger partial charge on any atom is -0.411 e. The average Bonchev–Trinajstić information content (AvgIpc) is 2.05. The van der Waals surface area contributed by atoms with E-state index in [1.807, 2.05) is 6.07 Å². The first-order chi connectivity index (χ1) is 5.79. The number of nitrogens with zero attached hydrogens (tertiary/aromatic N) is 2. The molecule has 0 unspecified atom stereocenters. The minimum absolute atomic E-state index is 0.317. The van der Waals surface area contributed by atoms with Gasteiger partial charge in [0.25, 0.3) is 0 Å². The minimum atomic E-state index is 0.317. The smallest absolute Gasteiger partial charge is 0.101 e. The number of benzene rings is 1. The fraction of sp³-hybridized carbons (Fsp3) is 0. The SMILES string of the molecule is N#Cc1c(Cl)cccc1C=NO. The van der Waals surface area contributed by atoms with Crippen LogP contribution in [0, 0.1) is 11.3 Å². The van der Waals surface area contributed by atoms with Crippen molar-refractivity contribution in [2.24, 2.45) is 5.16 Å². The number of hydrogen-bond acceptors (Lipinski definition) is 3. The first-order valence-corrected chi connectivity index (χ1v) is 3.53. The summed E-state index contributed by atoms with van der Waals surface area (Å²) in [6, 6.07) is 6.84. The van der Waals surface area contributed by atoms with Crippen LogP contribution in [0.2, 0.25) is 5.02 Å². The molecule has 0 aromatic heterocycles. The van der Waals surface area contributed by atoms with Crippen LogP contribution in [0.5, 0.6) is 0 Å². The molecule has 0 spiro atoms. The van der Waals surface area contributed by atoms with Crippen molar-refractivity contribution in [1.82, 2.24) is 0 Å². The highest BCUT2D eigenvalue weighted by Gasteiger charge is 2.02. The van der Waals surface area contributed by atoms with Crippen LogP contribution < -0.4 is 0 Å². The predicted octanol–water partition coefficient (Wildman–Crippen LogP) is 2.02. The Labute approximate surface area is 74.5 Å². The molecular formula is C8H5ClN2O. The van der Waals surface area contributed by atoms with E-state index in [1.54, 1.807) is 18.2 Å². The molecule has 0 fully saturated rings. The van der Waals surface area contributed by atoms with Crippen LogP contribution in [-0.2, 0) is 0 Å². The van der Waals surface area contributed by atoms with Crippen LogP contribution in [0.15, 0.2) is 23.4 Å². The zero-order valence-electron chi connectivity index (χ0n) is 6.03. The second-order valence-electron chi connectivity index (χ2n) is 2.06. The van der Waals surface area contributed by atoms with Gasteiger partial charge in [0.2, 0.25) is 0 Å². The summed E-state index contributed by atoms with van der Waals surface area (Å²) < 4.78 is 0. The largest absolute Gasteiger partial charge is 0.411 e. The zero-order chi connectivity index (χ0) is 8.97. The second-order valence-corrected chi connectivity index (χ2v) is 2.47. The van der Waals surface area contributed by atoms with Crippen molar-refractivity contribution in [2.45, 2.75) is 0 Å². The fourth-order valence-corrected chi connectivity index (χ4v) is 1.05. The Morgan fingerprint density at radius 2 is 2.33 bits per heavy atom. The molecule has 0 radical (unpaired) electrons. The molecule has 1 aromatic rings. The molecule has 0 amide bonds. The summed E-state index contributed by atoms with van der Waals surface area (Å²) in [5.41, 5.74) is 0.824. The van der Waals surface area contributed by atoms with Gasteiger partial charge in [0.05, 0.1) is 16.8 Å². The van der Waals surface area contributed by atoms with Gasteiger partial charge >= 0.3 is 0 Å². The maximum absolute atomic E-state index is 8.65. The average molecular weight is 181 g/mol. The van der Waals surface area contributed by atoms with Gasteiger partial charge in [-0.15, -0.1) is 0 Å². The van der Waals surface area contributed by atoms with E-state index < -0.39 is 0 Å². The second kappa shape index (κ2) is 3.74. The van der Waals surface area contributed by atoms with Gasteiger partial charge in [0.1, 0.15) is 6.07 Å². The molecule has 0 heterocycles. The molecule has 1 N–H and O–H groups in total. The van der Waals surface area contributed by atoms with Crippen LogP contribution in [0.3, 0.4) is 0 Å². The van der Waals surface area contributed by atoms with E-state index in [1.165, 1.54) is 6.21 Å². The summed E-state index contributed by atoms with van der Waals surface area (Å²) in [5.74, 6) is 0. The third kappa shape index (κ3) is 1.55. The topological polar surface area (TPSA) is 56.4 Å². The summed E-state index contributed by atoms with van der Waals surface area (Å²) in [6.07, 6.45) is 1.17. The van der Waals surface area contributed by atoms with E-state index >= 15 is 0 Å². The fourth-order valence-electron chi connectivity index (χ4n) is 0.829. The molecule has 1 rings (SSSR count). The molecular weight excluding hydrogens is 176 g/mol. The van der Waals surface area contributed by atoms with E-state index in [2.05, 4.69) is 5.16 Å². The van der Waals surface area contributed by atoms with Gasteiger partial charge in [-0.2, -0.15) is 5.26 Å². The maximum atomic E-state index is 8.65. The first kappa shape index (κ1) is 8.57. The molecule has 0 aliphatic carbocycles. The van der Waals surface area contributed by atoms with Crippen molar-refractivity contribution < 1.29 is 5.21 Å². The molecule has 12 heavy (non-hydrogen) atoms. The Hall–Kier alpha value is -1.53. The summed E-state index contributed by atoms with van der Waals surface area (Å²) in [6.45, 7) is 0. The molecule has 0 saturated heterocycles. The molecule has 4 heteroatoms. The van der Waals surface area contributed by atoms with Gasteiger partial charge in [-0.3, -0.25) is 0 Å². The van der Waals surface area contributed by atoms with Gasteiger partial charge in [0, 0.05) is 5.56 Å². The Morgan fingerprint density at radius 1 is 1.58 bits per heavy atom. The lowest BCUT2D eigenvalue weighted by Crippen LogP contribution is -1.88. The van der Waals surface area contributed by atoms with E-state index in [0.717, 1.165) is 0 Å². The van der Waals surface area contributed by atoms with Crippen LogP contribution in [0.1, 0.15) is 11.1 Å². The number of hydrogen-bond donors (Lipinski definition) is 1. The Kier molecular flexibility index (Phi) is 2.67. The molecule has 0 bridgehead atoms. The van der Waals surface area contributed by atoms with Crippen LogP contribution in [-0.4, -0.2) is 11.4 Å². The molecule has 0 saturated carbocycles. The molecule has 3 nitrogen and oxygen atoms in total. The third-order valence-electron chi connectivity index (χ3n) is 1.35. The van der Waals surface area contributed by atoms with E-state index in [4.69, 9.17) is 22.1 Å². The van der Waals surface area contributed by atoms with Crippen molar-refractivity contribution in [3.8, 4) is 6.07 Å². The van der Waals surface area contributed by atoms with Crippen molar-refractivity contribution in [1.29, 1.82) is 5.26 Å². The summed E-state index contributed by atoms with van der Waals surface area (Å²) in [4.78, 5) is 0. The van der Waals surface area contributed by atoms with Gasteiger partial charge < -0.3 is 5.21 Å². The standard InChI is InChI=1S/C8H5ClN2O/c9-8-3-1-2-6(5-11-12)7(8)4-10/h1-3,5,12H. The number of halogens is 1. The summed E-state index contributed by atoms with van der Waals surface area (Å²) >= 11 is 5.70. The molecule has 60 valence electrons. The predicted molar refractivity (Wildman–Crippen MR) is 45.5 cm³/mol. The Morgan fingerprint density at radius 3 is 2.92 bits per heavy atom. The Balaban J connectivity index is 3.30. The molecule has 0 aliphatic rings. The zero-order valence-corrected chi connectivity index (χ0v) is 6.78. The van der Waals surface area contributed by atoms with Crippen molar-refractivity contribution in [3.05, 3.63) is 34.3 Å². The normalized spacial score (nSPS) is 10.0. The summed E-state index contributed by atoms with van der Waals surface area (Å²) in [7, 11) is 0. The van der Waals surface area contributed by atoms with Crippen molar-refractivity contribution in [2.75, 3.05) is 0 Å². The van der Waals surface area contributed by atoms with Crippen LogP contribution in [0.4, 0.5) is 0 Å². The third-order valence-corrected chi connectivity index (χ3v) is 1.67. The number of oxime groups is 1.